The number of hydrogen-bond donors (Lipinski definition) is 1. The highest BCUT2D eigenvalue weighted by Crippen LogP contribution is 2.30. The van der Waals surface area contributed by atoms with Crippen LogP contribution in [0.5, 0.6) is 0 Å². The van der Waals surface area contributed by atoms with Crippen LogP contribution in [0.25, 0.3) is 10.9 Å². The minimum Gasteiger partial charge on any atom is -0.346 e. The zero-order valence-electron chi connectivity index (χ0n) is 17.5. The van der Waals surface area contributed by atoms with Crippen molar-refractivity contribution in [1.82, 2.24) is 14.5 Å². The molecule has 1 amide bonds. The maximum atomic E-state index is 12.7. The van der Waals surface area contributed by atoms with Gasteiger partial charge in [-0.25, -0.2) is 8.42 Å². The Kier molecular flexibility index (Phi) is 6.27. The van der Waals surface area contributed by atoms with Crippen molar-refractivity contribution >= 4 is 49.6 Å². The summed E-state index contributed by atoms with van der Waals surface area (Å²) >= 11 is 7.67. The average molecular weight is 481 g/mol. The topological polar surface area (TPSA) is 87.5 Å². The van der Waals surface area contributed by atoms with Gasteiger partial charge in [0, 0.05) is 60.6 Å². The van der Waals surface area contributed by atoms with E-state index in [4.69, 9.17) is 11.6 Å². The molecular formula is C21H25ClN4O3S2. The Hall–Kier alpha value is -2.10. The van der Waals surface area contributed by atoms with Crippen LogP contribution < -0.4 is 4.80 Å². The second-order valence-corrected chi connectivity index (χ2v) is 11.4. The summed E-state index contributed by atoms with van der Waals surface area (Å²) in [5.41, 5.74) is 0.706. The van der Waals surface area contributed by atoms with Gasteiger partial charge in [0.2, 0.25) is 5.91 Å². The average Bonchev–Trinajstić information content (AvgIpc) is 3.35. The highest BCUT2D eigenvalue weighted by Gasteiger charge is 2.27. The molecule has 0 saturated carbocycles. The molecule has 166 valence electrons. The number of sulfone groups is 1. The minimum absolute atomic E-state index is 0.0179. The summed E-state index contributed by atoms with van der Waals surface area (Å²) in [5, 5.41) is 1.41. The molecule has 31 heavy (non-hydrogen) atoms. The molecule has 0 radical (unpaired) electrons. The summed E-state index contributed by atoms with van der Waals surface area (Å²) in [6, 6.07) is 6.74. The van der Waals surface area contributed by atoms with Gasteiger partial charge in [0.05, 0.1) is 5.75 Å². The third kappa shape index (κ3) is 4.73. The van der Waals surface area contributed by atoms with Gasteiger partial charge in [0.1, 0.15) is 5.03 Å². The Bertz CT molecular complexity index is 1280. The summed E-state index contributed by atoms with van der Waals surface area (Å²) in [6.07, 6.45) is 3.86. The van der Waals surface area contributed by atoms with Gasteiger partial charge < -0.3 is 14.5 Å². The predicted octanol–water partition coefficient (Wildman–Crippen LogP) is 3.32. The lowest BCUT2D eigenvalue weighted by Crippen LogP contribution is -2.38. The first kappa shape index (κ1) is 22.1. The van der Waals surface area contributed by atoms with Crippen molar-refractivity contribution in [2.24, 2.45) is 12.0 Å². The number of fused-ring (bicyclic) bond motifs is 1. The Morgan fingerprint density at radius 3 is 2.71 bits per heavy atom. The maximum absolute atomic E-state index is 12.7. The second-order valence-electron chi connectivity index (χ2n) is 7.84. The normalized spacial score (nSPS) is 16.4. The molecule has 4 rings (SSSR count). The van der Waals surface area contributed by atoms with Gasteiger partial charge in [-0.15, -0.1) is 11.3 Å². The number of thiazole rings is 1. The number of nitrogens with one attached hydrogen (secondary N) is 1. The van der Waals surface area contributed by atoms with Crippen LogP contribution in [-0.2, 0) is 21.7 Å². The van der Waals surface area contributed by atoms with Crippen LogP contribution >= 0.6 is 22.9 Å². The number of hydrogen-bond acceptors (Lipinski definition) is 5. The van der Waals surface area contributed by atoms with Gasteiger partial charge in [-0.1, -0.05) is 11.6 Å². The van der Waals surface area contributed by atoms with Gasteiger partial charge in [-0.3, -0.25) is 9.79 Å². The molecule has 0 bridgehead atoms. The molecule has 0 spiro atoms. The first-order valence-electron chi connectivity index (χ1n) is 10.1. The molecule has 0 unspecified atom stereocenters. The Balaban J connectivity index is 1.35. The molecular weight excluding hydrogens is 456 g/mol. The van der Waals surface area contributed by atoms with Crippen molar-refractivity contribution in [2.75, 3.05) is 25.9 Å². The number of aromatic nitrogens is 2. The summed E-state index contributed by atoms with van der Waals surface area (Å²) in [6.45, 7) is 1.29. The van der Waals surface area contributed by atoms with Crippen molar-refractivity contribution in [1.29, 1.82) is 0 Å². The minimum atomic E-state index is -3.59. The molecule has 3 heterocycles. The second kappa shape index (κ2) is 8.80. The largest absolute Gasteiger partial charge is 0.346 e. The van der Waals surface area contributed by atoms with Gasteiger partial charge >= 0.3 is 0 Å². The molecule has 0 atom stereocenters. The smallest absolute Gasteiger partial charge is 0.223 e. The van der Waals surface area contributed by atoms with Crippen LogP contribution in [0.15, 0.2) is 40.5 Å². The van der Waals surface area contributed by atoms with E-state index in [-0.39, 0.29) is 23.1 Å². The number of piperidine rings is 1. The lowest BCUT2D eigenvalue weighted by Gasteiger charge is -2.31. The van der Waals surface area contributed by atoms with E-state index in [0.29, 0.717) is 29.5 Å². The fourth-order valence-corrected chi connectivity index (χ4v) is 6.52. The number of nitrogens with zero attached hydrogens (tertiary/aromatic N) is 3. The summed E-state index contributed by atoms with van der Waals surface area (Å²) in [7, 11) is 0.192. The Morgan fingerprint density at radius 1 is 1.29 bits per heavy atom. The van der Waals surface area contributed by atoms with Crippen molar-refractivity contribution in [3.63, 3.8) is 0 Å². The number of halogens is 1. The lowest BCUT2D eigenvalue weighted by atomic mass is 9.95. The fourth-order valence-electron chi connectivity index (χ4n) is 3.99. The van der Waals surface area contributed by atoms with Crippen LogP contribution in [0, 0.1) is 0 Å². The van der Waals surface area contributed by atoms with Crippen LogP contribution in [-0.4, -0.2) is 54.7 Å². The summed E-state index contributed by atoms with van der Waals surface area (Å²) < 4.78 is 27.5. The number of aryl methyl sites for hydroxylation is 1. The van der Waals surface area contributed by atoms with E-state index in [0.717, 1.165) is 23.0 Å². The zero-order chi connectivity index (χ0) is 22.2. The van der Waals surface area contributed by atoms with Crippen molar-refractivity contribution in [3.8, 4) is 0 Å². The van der Waals surface area contributed by atoms with Crippen LogP contribution in [0.4, 0.5) is 0 Å². The number of benzene rings is 1. The molecule has 1 aliphatic heterocycles. The molecule has 10 heteroatoms. The first-order valence-corrected chi connectivity index (χ1v) is 13.0. The SMILES string of the molecule is C/N=c1\sc(C2CCN(C(=O)CCS(=O)(=O)c3cc4cc(Cl)ccc4[nH]3)CC2)cn1C. The van der Waals surface area contributed by atoms with Crippen LogP contribution in [0.2, 0.25) is 5.02 Å². The van der Waals surface area contributed by atoms with E-state index in [2.05, 4.69) is 16.2 Å². The van der Waals surface area contributed by atoms with E-state index in [1.54, 1.807) is 47.5 Å². The highest BCUT2D eigenvalue weighted by atomic mass is 35.5. The molecule has 1 saturated heterocycles. The number of carbonyl (C=O) groups is 1. The molecule has 7 nitrogen and oxygen atoms in total. The number of carbonyl (C=O) groups excluding carboxylic acids is 1. The van der Waals surface area contributed by atoms with E-state index in [1.165, 1.54) is 4.88 Å². The molecule has 1 aromatic carbocycles. The quantitative estimate of drug-likeness (QED) is 0.607. The van der Waals surface area contributed by atoms with E-state index >= 15 is 0 Å². The third-order valence-electron chi connectivity index (χ3n) is 5.75. The van der Waals surface area contributed by atoms with Crippen LogP contribution in [0.3, 0.4) is 0 Å². The number of rotatable bonds is 5. The number of amides is 1. The van der Waals surface area contributed by atoms with Crippen molar-refractivity contribution < 1.29 is 13.2 Å². The van der Waals surface area contributed by atoms with E-state index < -0.39 is 9.84 Å². The van der Waals surface area contributed by atoms with Gasteiger partial charge in [-0.2, -0.15) is 0 Å². The van der Waals surface area contributed by atoms with Crippen molar-refractivity contribution in [2.45, 2.75) is 30.2 Å². The number of aromatic amines is 1. The first-order chi connectivity index (χ1) is 14.8. The standard InChI is InChI=1S/C21H25ClN4O3S2/c1-23-21-25(2)13-18(30-21)14-5-8-26(9-6-14)20(27)7-10-31(28,29)19-12-15-11-16(22)3-4-17(15)24-19/h3-4,11-14,24H,5-10H2,1-2H3/b23-21-. The van der Waals surface area contributed by atoms with E-state index in [9.17, 15) is 13.2 Å². The van der Waals surface area contributed by atoms with Crippen LogP contribution in [0.1, 0.15) is 30.1 Å². The third-order valence-corrected chi connectivity index (χ3v) is 8.95. The lowest BCUT2D eigenvalue weighted by molar-refractivity contribution is -0.131. The molecule has 0 aliphatic carbocycles. The van der Waals surface area contributed by atoms with E-state index in [1.807, 2.05) is 11.6 Å². The summed E-state index contributed by atoms with van der Waals surface area (Å²) in [4.78, 5) is 23.9. The molecule has 3 aromatic rings. The summed E-state index contributed by atoms with van der Waals surface area (Å²) in [5.74, 6) is 0.0915. The molecule has 1 aliphatic rings. The Labute approximate surface area is 190 Å². The molecule has 1 N–H and O–H groups in total. The number of likely N-dealkylation sites (tertiary alicyclic amines) is 1. The van der Waals surface area contributed by atoms with Gasteiger partial charge in [-0.05, 0) is 43.0 Å². The van der Waals surface area contributed by atoms with Crippen molar-refractivity contribution in [3.05, 3.63) is 45.2 Å². The van der Waals surface area contributed by atoms with Gasteiger partial charge in [0.25, 0.3) is 0 Å². The maximum Gasteiger partial charge on any atom is 0.223 e. The zero-order valence-corrected chi connectivity index (χ0v) is 19.9. The van der Waals surface area contributed by atoms with Gasteiger partial charge in [0.15, 0.2) is 14.6 Å². The predicted molar refractivity (Wildman–Crippen MR) is 123 cm³/mol. The number of H-pyrrole nitrogens is 1. The molecule has 1 fully saturated rings. The highest BCUT2D eigenvalue weighted by molar-refractivity contribution is 7.91. The fraction of sp³-hybridized carbons (Fsp3) is 0.429. The monoisotopic (exact) mass is 480 g/mol. The Morgan fingerprint density at radius 2 is 2.03 bits per heavy atom. The molecule has 2 aromatic heterocycles.